The zero-order chi connectivity index (χ0) is 15.0. The summed E-state index contributed by atoms with van der Waals surface area (Å²) in [5.41, 5.74) is 2.00. The number of hydrogen-bond donors (Lipinski definition) is 0. The Morgan fingerprint density at radius 1 is 1.43 bits per heavy atom. The van der Waals surface area contributed by atoms with Crippen molar-refractivity contribution in [3.05, 3.63) is 33.5 Å². The van der Waals surface area contributed by atoms with E-state index < -0.39 is 0 Å². The summed E-state index contributed by atoms with van der Waals surface area (Å²) in [7, 11) is 0. The third-order valence-electron chi connectivity index (χ3n) is 3.90. The number of amides is 1. The fourth-order valence-corrected chi connectivity index (χ4v) is 3.81. The first-order valence-corrected chi connectivity index (χ1v) is 8.10. The molecule has 6 heteroatoms. The monoisotopic (exact) mass is 304 g/mol. The van der Waals surface area contributed by atoms with Gasteiger partial charge in [0.2, 0.25) is 0 Å². The lowest BCUT2D eigenvalue weighted by atomic mass is 10.2. The van der Waals surface area contributed by atoms with Gasteiger partial charge in [0.25, 0.3) is 5.91 Å². The quantitative estimate of drug-likeness (QED) is 0.875. The maximum absolute atomic E-state index is 12.8. The molecule has 0 aliphatic carbocycles. The molecule has 0 saturated carbocycles. The van der Waals surface area contributed by atoms with Crippen molar-refractivity contribution in [2.75, 3.05) is 6.54 Å². The number of aryl methyl sites for hydroxylation is 3. The number of aromatic nitrogens is 3. The second-order valence-electron chi connectivity index (χ2n) is 5.68. The van der Waals surface area contributed by atoms with Crippen LogP contribution in [0.25, 0.3) is 0 Å². The number of likely N-dealkylation sites (tertiary alicyclic amines) is 1. The molecule has 5 nitrogen and oxygen atoms in total. The SMILES string of the molecule is Cc1cnn(CC2CCCN2C(=O)c2sc(C)nc2C)c1. The smallest absolute Gasteiger partial charge is 0.266 e. The second kappa shape index (κ2) is 5.60. The lowest BCUT2D eigenvalue weighted by Crippen LogP contribution is -2.38. The third kappa shape index (κ3) is 2.85. The van der Waals surface area contributed by atoms with Crippen LogP contribution < -0.4 is 0 Å². The van der Waals surface area contributed by atoms with Crippen LogP contribution in [0.3, 0.4) is 0 Å². The van der Waals surface area contributed by atoms with Crippen LogP contribution >= 0.6 is 11.3 Å². The zero-order valence-electron chi connectivity index (χ0n) is 12.7. The van der Waals surface area contributed by atoms with Gasteiger partial charge in [-0.2, -0.15) is 5.10 Å². The molecule has 2 aromatic rings. The average Bonchev–Trinajstić information content (AvgIpc) is 3.11. The van der Waals surface area contributed by atoms with E-state index in [9.17, 15) is 4.79 Å². The molecule has 0 N–H and O–H groups in total. The number of carbonyl (C=O) groups excluding carboxylic acids is 1. The van der Waals surface area contributed by atoms with Crippen molar-refractivity contribution in [2.45, 2.75) is 46.2 Å². The first-order valence-electron chi connectivity index (χ1n) is 7.28. The van der Waals surface area contributed by atoms with E-state index in [1.807, 2.05) is 42.7 Å². The summed E-state index contributed by atoms with van der Waals surface area (Å²) >= 11 is 1.50. The van der Waals surface area contributed by atoms with E-state index in [2.05, 4.69) is 10.1 Å². The highest BCUT2D eigenvalue weighted by Crippen LogP contribution is 2.25. The first-order chi connectivity index (χ1) is 10.0. The fourth-order valence-electron chi connectivity index (χ4n) is 2.94. The van der Waals surface area contributed by atoms with E-state index in [4.69, 9.17) is 0 Å². The van der Waals surface area contributed by atoms with Crippen LogP contribution in [0.2, 0.25) is 0 Å². The Labute approximate surface area is 128 Å². The van der Waals surface area contributed by atoms with Crippen molar-refractivity contribution in [3.63, 3.8) is 0 Å². The van der Waals surface area contributed by atoms with Crippen molar-refractivity contribution in [1.29, 1.82) is 0 Å². The molecule has 21 heavy (non-hydrogen) atoms. The van der Waals surface area contributed by atoms with Crippen LogP contribution in [-0.2, 0) is 6.54 Å². The molecule has 0 aromatic carbocycles. The lowest BCUT2D eigenvalue weighted by molar-refractivity contribution is 0.0725. The third-order valence-corrected chi connectivity index (χ3v) is 4.96. The van der Waals surface area contributed by atoms with Gasteiger partial charge in [-0.05, 0) is 39.2 Å². The first kappa shape index (κ1) is 14.3. The predicted octanol–water partition coefficient (Wildman–Crippen LogP) is 2.57. The Kier molecular flexibility index (Phi) is 3.80. The van der Waals surface area contributed by atoms with Crippen LogP contribution in [0.4, 0.5) is 0 Å². The minimum absolute atomic E-state index is 0.129. The Hall–Kier alpha value is -1.69. The summed E-state index contributed by atoms with van der Waals surface area (Å²) in [4.78, 5) is 19.9. The molecule has 0 spiro atoms. The minimum Gasteiger partial charge on any atom is -0.333 e. The van der Waals surface area contributed by atoms with Crippen molar-refractivity contribution in [2.24, 2.45) is 0 Å². The van der Waals surface area contributed by atoms with E-state index in [1.165, 1.54) is 11.3 Å². The summed E-state index contributed by atoms with van der Waals surface area (Å²) in [5.74, 6) is 0.129. The predicted molar refractivity (Wildman–Crippen MR) is 82.6 cm³/mol. The summed E-state index contributed by atoms with van der Waals surface area (Å²) in [6, 6.07) is 0.235. The van der Waals surface area contributed by atoms with E-state index in [0.717, 1.165) is 47.1 Å². The molecule has 0 bridgehead atoms. The van der Waals surface area contributed by atoms with Gasteiger partial charge in [0.15, 0.2) is 0 Å². The largest absolute Gasteiger partial charge is 0.333 e. The number of nitrogens with zero attached hydrogens (tertiary/aromatic N) is 4. The molecule has 3 rings (SSSR count). The standard InChI is InChI=1S/C15H20N4OS/c1-10-7-16-18(8-10)9-13-5-4-6-19(13)15(20)14-11(2)17-12(3)21-14/h7-8,13H,4-6,9H2,1-3H3. The van der Waals surface area contributed by atoms with Crippen LogP contribution in [0, 0.1) is 20.8 Å². The maximum Gasteiger partial charge on any atom is 0.266 e. The second-order valence-corrected chi connectivity index (χ2v) is 6.88. The maximum atomic E-state index is 12.8. The van der Waals surface area contributed by atoms with E-state index in [0.29, 0.717) is 0 Å². The van der Waals surface area contributed by atoms with Gasteiger partial charge in [-0.3, -0.25) is 9.48 Å². The van der Waals surface area contributed by atoms with Gasteiger partial charge in [-0.15, -0.1) is 11.3 Å². The molecule has 1 aliphatic heterocycles. The van der Waals surface area contributed by atoms with Crippen LogP contribution in [0.5, 0.6) is 0 Å². The topological polar surface area (TPSA) is 51.0 Å². The number of hydrogen-bond acceptors (Lipinski definition) is 4. The summed E-state index contributed by atoms with van der Waals surface area (Å²) in [6.07, 6.45) is 6.00. The Balaban J connectivity index is 1.77. The van der Waals surface area contributed by atoms with Crippen molar-refractivity contribution < 1.29 is 4.79 Å². The summed E-state index contributed by atoms with van der Waals surface area (Å²) in [6.45, 7) is 7.50. The summed E-state index contributed by atoms with van der Waals surface area (Å²) in [5, 5.41) is 5.29. The highest BCUT2D eigenvalue weighted by molar-refractivity contribution is 7.13. The molecule has 1 fully saturated rings. The molecular formula is C15H20N4OS. The molecule has 112 valence electrons. The number of thiazole rings is 1. The molecule has 1 amide bonds. The highest BCUT2D eigenvalue weighted by atomic mass is 32.1. The lowest BCUT2D eigenvalue weighted by Gasteiger charge is -2.24. The zero-order valence-corrected chi connectivity index (χ0v) is 13.5. The van der Waals surface area contributed by atoms with E-state index >= 15 is 0 Å². The van der Waals surface area contributed by atoms with Gasteiger partial charge < -0.3 is 4.90 Å². The van der Waals surface area contributed by atoms with E-state index in [-0.39, 0.29) is 11.9 Å². The van der Waals surface area contributed by atoms with Crippen molar-refractivity contribution >= 4 is 17.2 Å². The molecule has 3 heterocycles. The molecule has 1 atom stereocenters. The molecule has 2 aromatic heterocycles. The molecule has 0 radical (unpaired) electrons. The molecule has 1 aliphatic rings. The van der Waals surface area contributed by atoms with Gasteiger partial charge in [0.05, 0.1) is 29.5 Å². The highest BCUT2D eigenvalue weighted by Gasteiger charge is 2.31. The Morgan fingerprint density at radius 2 is 2.24 bits per heavy atom. The molecule has 1 saturated heterocycles. The van der Waals surface area contributed by atoms with Crippen LogP contribution in [-0.4, -0.2) is 38.2 Å². The van der Waals surface area contributed by atoms with Crippen LogP contribution in [0.15, 0.2) is 12.4 Å². The Bertz CT molecular complexity index is 660. The minimum atomic E-state index is 0.129. The number of carbonyl (C=O) groups is 1. The molecular weight excluding hydrogens is 284 g/mol. The van der Waals surface area contributed by atoms with Gasteiger partial charge in [0, 0.05) is 12.7 Å². The van der Waals surface area contributed by atoms with Gasteiger partial charge in [0.1, 0.15) is 4.88 Å². The average molecular weight is 304 g/mol. The van der Waals surface area contributed by atoms with Crippen molar-refractivity contribution in [1.82, 2.24) is 19.7 Å². The summed E-state index contributed by atoms with van der Waals surface area (Å²) < 4.78 is 1.94. The van der Waals surface area contributed by atoms with Gasteiger partial charge in [-0.1, -0.05) is 0 Å². The van der Waals surface area contributed by atoms with Gasteiger partial charge in [-0.25, -0.2) is 4.98 Å². The van der Waals surface area contributed by atoms with E-state index in [1.54, 1.807) is 0 Å². The van der Waals surface area contributed by atoms with Crippen LogP contribution in [0.1, 0.15) is 38.8 Å². The normalized spacial score (nSPS) is 18.4. The van der Waals surface area contributed by atoms with Gasteiger partial charge >= 0.3 is 0 Å². The number of rotatable bonds is 3. The van der Waals surface area contributed by atoms with Crippen molar-refractivity contribution in [3.8, 4) is 0 Å². The fraction of sp³-hybridized carbons (Fsp3) is 0.533. The Morgan fingerprint density at radius 3 is 2.86 bits per heavy atom. The molecule has 1 unspecified atom stereocenters.